The standard InChI is InChI=1S/C14H30N2O2/c1-12(2)7-15-10-14(3,4)11-16-5-6-18-13(8-16)9-17/h12-13,15,17H,5-11H2,1-4H3. The summed E-state index contributed by atoms with van der Waals surface area (Å²) in [6.45, 7) is 14.9. The first-order chi connectivity index (χ1) is 8.43. The lowest BCUT2D eigenvalue weighted by Gasteiger charge is -2.37. The average molecular weight is 258 g/mol. The molecule has 0 saturated carbocycles. The molecule has 108 valence electrons. The molecule has 0 aromatic heterocycles. The summed E-state index contributed by atoms with van der Waals surface area (Å²) >= 11 is 0. The molecule has 18 heavy (non-hydrogen) atoms. The van der Waals surface area contributed by atoms with E-state index in [1.807, 2.05) is 0 Å². The van der Waals surface area contributed by atoms with Crippen molar-refractivity contribution in [1.29, 1.82) is 0 Å². The monoisotopic (exact) mass is 258 g/mol. The summed E-state index contributed by atoms with van der Waals surface area (Å²) in [6.07, 6.45) is -0.00169. The van der Waals surface area contributed by atoms with Crippen LogP contribution in [0.15, 0.2) is 0 Å². The Morgan fingerprint density at radius 1 is 1.44 bits per heavy atom. The van der Waals surface area contributed by atoms with Crippen LogP contribution in [-0.4, -0.2) is 62.0 Å². The lowest BCUT2D eigenvalue weighted by molar-refractivity contribution is -0.0603. The van der Waals surface area contributed by atoms with Crippen LogP contribution in [0.25, 0.3) is 0 Å². The molecule has 0 bridgehead atoms. The summed E-state index contributed by atoms with van der Waals surface area (Å²) in [5.74, 6) is 0.697. The zero-order chi connectivity index (χ0) is 13.6. The van der Waals surface area contributed by atoms with Crippen LogP contribution in [0.3, 0.4) is 0 Å². The second kappa shape index (κ2) is 7.43. The van der Waals surface area contributed by atoms with E-state index in [2.05, 4.69) is 37.9 Å². The molecule has 0 aromatic rings. The molecule has 1 aliphatic heterocycles. The van der Waals surface area contributed by atoms with Crippen LogP contribution in [0, 0.1) is 11.3 Å². The number of rotatable bonds is 7. The van der Waals surface area contributed by atoms with E-state index in [4.69, 9.17) is 9.84 Å². The van der Waals surface area contributed by atoms with Gasteiger partial charge in [0.2, 0.25) is 0 Å². The summed E-state index contributed by atoms with van der Waals surface area (Å²) < 4.78 is 5.48. The molecule has 2 N–H and O–H groups in total. The van der Waals surface area contributed by atoms with Gasteiger partial charge >= 0.3 is 0 Å². The highest BCUT2D eigenvalue weighted by Gasteiger charge is 2.26. The maximum absolute atomic E-state index is 9.15. The molecule has 0 amide bonds. The molecule has 0 aromatic carbocycles. The molecular weight excluding hydrogens is 228 g/mol. The molecule has 1 rings (SSSR count). The van der Waals surface area contributed by atoms with Crippen molar-refractivity contribution in [2.45, 2.75) is 33.8 Å². The van der Waals surface area contributed by atoms with Gasteiger partial charge in [-0.1, -0.05) is 27.7 Å². The first kappa shape index (κ1) is 15.9. The highest BCUT2D eigenvalue weighted by molar-refractivity contribution is 4.80. The van der Waals surface area contributed by atoms with E-state index in [-0.39, 0.29) is 18.1 Å². The van der Waals surface area contributed by atoms with Crippen molar-refractivity contribution in [3.05, 3.63) is 0 Å². The summed E-state index contributed by atoms with van der Waals surface area (Å²) in [5, 5.41) is 12.7. The second-order valence-electron chi connectivity index (χ2n) is 6.60. The van der Waals surface area contributed by atoms with Gasteiger partial charge in [-0.2, -0.15) is 0 Å². The molecule has 1 saturated heterocycles. The van der Waals surface area contributed by atoms with E-state index in [0.717, 1.165) is 39.3 Å². The van der Waals surface area contributed by atoms with Gasteiger partial charge in [0, 0.05) is 26.2 Å². The topological polar surface area (TPSA) is 44.7 Å². The fourth-order valence-electron chi connectivity index (χ4n) is 2.39. The van der Waals surface area contributed by atoms with E-state index in [0.29, 0.717) is 5.92 Å². The molecular formula is C14H30N2O2. The number of hydrogen-bond acceptors (Lipinski definition) is 4. The summed E-state index contributed by atoms with van der Waals surface area (Å²) in [6, 6.07) is 0. The van der Waals surface area contributed by atoms with Gasteiger partial charge < -0.3 is 15.2 Å². The van der Waals surface area contributed by atoms with Crippen LogP contribution in [-0.2, 0) is 4.74 Å². The highest BCUT2D eigenvalue weighted by atomic mass is 16.5. The first-order valence-electron chi connectivity index (χ1n) is 7.08. The number of hydrogen-bond donors (Lipinski definition) is 2. The van der Waals surface area contributed by atoms with Crippen LogP contribution in [0.1, 0.15) is 27.7 Å². The Morgan fingerprint density at radius 2 is 2.17 bits per heavy atom. The number of aliphatic hydroxyl groups excluding tert-OH is 1. The first-order valence-corrected chi connectivity index (χ1v) is 7.08. The fourth-order valence-corrected chi connectivity index (χ4v) is 2.39. The van der Waals surface area contributed by atoms with Crippen LogP contribution >= 0.6 is 0 Å². The van der Waals surface area contributed by atoms with Crippen molar-refractivity contribution in [2.24, 2.45) is 11.3 Å². The molecule has 0 spiro atoms. The largest absolute Gasteiger partial charge is 0.394 e. The number of aliphatic hydroxyl groups is 1. The Morgan fingerprint density at radius 3 is 2.78 bits per heavy atom. The Bertz CT molecular complexity index is 232. The molecule has 1 atom stereocenters. The van der Waals surface area contributed by atoms with Gasteiger partial charge in [-0.3, -0.25) is 4.90 Å². The van der Waals surface area contributed by atoms with Crippen molar-refractivity contribution in [3.8, 4) is 0 Å². The van der Waals surface area contributed by atoms with E-state index in [1.165, 1.54) is 0 Å². The second-order valence-corrected chi connectivity index (χ2v) is 6.60. The van der Waals surface area contributed by atoms with Gasteiger partial charge in [-0.25, -0.2) is 0 Å². The minimum atomic E-state index is -0.00169. The third-order valence-corrected chi connectivity index (χ3v) is 3.23. The molecule has 1 fully saturated rings. The Hall–Kier alpha value is -0.160. The van der Waals surface area contributed by atoms with Crippen molar-refractivity contribution in [1.82, 2.24) is 10.2 Å². The molecule has 1 unspecified atom stereocenters. The van der Waals surface area contributed by atoms with Crippen LogP contribution in [0.2, 0.25) is 0 Å². The lowest BCUT2D eigenvalue weighted by atomic mass is 9.92. The van der Waals surface area contributed by atoms with Crippen molar-refractivity contribution < 1.29 is 9.84 Å². The van der Waals surface area contributed by atoms with Gasteiger partial charge in [0.1, 0.15) is 0 Å². The Kier molecular flexibility index (Phi) is 6.57. The number of nitrogens with zero attached hydrogens (tertiary/aromatic N) is 1. The Balaban J connectivity index is 2.30. The quantitative estimate of drug-likeness (QED) is 0.714. The van der Waals surface area contributed by atoms with Crippen molar-refractivity contribution >= 4 is 0 Å². The third-order valence-electron chi connectivity index (χ3n) is 3.23. The summed E-state index contributed by atoms with van der Waals surface area (Å²) in [7, 11) is 0. The van der Waals surface area contributed by atoms with Crippen LogP contribution in [0.5, 0.6) is 0 Å². The van der Waals surface area contributed by atoms with Gasteiger partial charge in [-0.05, 0) is 17.9 Å². The Labute approximate surface area is 112 Å². The minimum Gasteiger partial charge on any atom is -0.394 e. The SMILES string of the molecule is CC(C)CNCC(C)(C)CN1CCOC(CO)C1. The molecule has 1 aliphatic rings. The van der Waals surface area contributed by atoms with Gasteiger partial charge in [0.15, 0.2) is 0 Å². The van der Waals surface area contributed by atoms with E-state index < -0.39 is 0 Å². The van der Waals surface area contributed by atoms with E-state index >= 15 is 0 Å². The van der Waals surface area contributed by atoms with Crippen molar-refractivity contribution in [2.75, 3.05) is 45.9 Å². The third kappa shape index (κ3) is 6.14. The van der Waals surface area contributed by atoms with Gasteiger partial charge in [-0.15, -0.1) is 0 Å². The fraction of sp³-hybridized carbons (Fsp3) is 1.00. The molecule has 4 nitrogen and oxygen atoms in total. The summed E-state index contributed by atoms with van der Waals surface area (Å²) in [5.41, 5.74) is 0.256. The van der Waals surface area contributed by atoms with Crippen LogP contribution < -0.4 is 5.32 Å². The van der Waals surface area contributed by atoms with Gasteiger partial charge in [0.05, 0.1) is 19.3 Å². The highest BCUT2D eigenvalue weighted by Crippen LogP contribution is 2.18. The molecule has 0 aliphatic carbocycles. The number of ether oxygens (including phenoxy) is 1. The predicted molar refractivity (Wildman–Crippen MR) is 74.8 cm³/mol. The number of morpholine rings is 1. The molecule has 0 radical (unpaired) electrons. The number of nitrogens with one attached hydrogen (secondary N) is 1. The minimum absolute atomic E-state index is 0.00169. The smallest absolute Gasteiger partial charge is 0.0932 e. The lowest BCUT2D eigenvalue weighted by Crippen LogP contribution is -2.49. The molecule has 4 heteroatoms. The summed E-state index contributed by atoms with van der Waals surface area (Å²) in [4.78, 5) is 2.40. The van der Waals surface area contributed by atoms with E-state index in [1.54, 1.807) is 0 Å². The maximum Gasteiger partial charge on any atom is 0.0932 e. The van der Waals surface area contributed by atoms with E-state index in [9.17, 15) is 0 Å². The normalized spacial score (nSPS) is 22.7. The zero-order valence-electron chi connectivity index (χ0n) is 12.4. The zero-order valence-corrected chi connectivity index (χ0v) is 12.4. The van der Waals surface area contributed by atoms with Crippen molar-refractivity contribution in [3.63, 3.8) is 0 Å². The average Bonchev–Trinajstić information content (AvgIpc) is 2.27. The van der Waals surface area contributed by atoms with Crippen LogP contribution in [0.4, 0.5) is 0 Å². The predicted octanol–water partition coefficient (Wildman–Crippen LogP) is 0.951. The van der Waals surface area contributed by atoms with Gasteiger partial charge in [0.25, 0.3) is 0 Å². The maximum atomic E-state index is 9.15. The molecule has 1 heterocycles.